The molecule has 0 saturated carbocycles. The topological polar surface area (TPSA) is 111 Å². The zero-order chi connectivity index (χ0) is 16.5. The highest BCUT2D eigenvalue weighted by molar-refractivity contribution is 5.69. The van der Waals surface area contributed by atoms with Crippen molar-refractivity contribution in [2.75, 3.05) is 13.2 Å². The van der Waals surface area contributed by atoms with Crippen LogP contribution in [0.4, 0.5) is 0 Å². The molecule has 24 heavy (non-hydrogen) atoms. The molecule has 0 radical (unpaired) electrons. The monoisotopic (exact) mass is 322 g/mol. The highest BCUT2D eigenvalue weighted by Crippen LogP contribution is 2.26. The van der Waals surface area contributed by atoms with Crippen molar-refractivity contribution in [3.8, 4) is 6.07 Å². The van der Waals surface area contributed by atoms with Crippen molar-refractivity contribution in [3.05, 3.63) is 40.6 Å². The molecular weight excluding hydrogens is 308 g/mol. The van der Waals surface area contributed by atoms with Gasteiger partial charge in [0.25, 0.3) is 0 Å². The number of nitriles is 1. The van der Waals surface area contributed by atoms with Crippen molar-refractivity contribution in [1.29, 1.82) is 5.26 Å². The van der Waals surface area contributed by atoms with Crippen molar-refractivity contribution in [3.63, 3.8) is 0 Å². The van der Waals surface area contributed by atoms with Crippen molar-refractivity contribution < 1.29 is 9.37 Å². The Morgan fingerprint density at radius 1 is 1.33 bits per heavy atom. The van der Waals surface area contributed by atoms with Gasteiger partial charge in [-0.3, -0.25) is 0 Å². The first-order valence-corrected chi connectivity index (χ1v) is 7.67. The molecule has 8 heteroatoms. The first-order chi connectivity index (χ1) is 11.7. The van der Waals surface area contributed by atoms with E-state index in [-0.39, 0.29) is 5.92 Å². The summed E-state index contributed by atoms with van der Waals surface area (Å²) >= 11 is 0. The number of fused-ring (bicyclic) bond motifs is 1. The van der Waals surface area contributed by atoms with E-state index in [1.165, 1.54) is 0 Å². The number of hydrogen-bond donors (Lipinski definition) is 0. The SMILES string of the molecule is Cc1nc2nonc2cc1Cc1ncc(C#N)c(C2CCOC2)n1. The van der Waals surface area contributed by atoms with Crippen LogP contribution in [0.2, 0.25) is 0 Å². The minimum Gasteiger partial charge on any atom is -0.381 e. The van der Waals surface area contributed by atoms with E-state index in [4.69, 9.17) is 9.37 Å². The lowest BCUT2D eigenvalue weighted by Gasteiger charge is -2.11. The van der Waals surface area contributed by atoms with Crippen molar-refractivity contribution in [1.82, 2.24) is 25.3 Å². The fraction of sp³-hybridized carbons (Fsp3) is 0.375. The molecule has 0 aromatic carbocycles. The van der Waals surface area contributed by atoms with Crippen LogP contribution in [-0.2, 0) is 11.2 Å². The maximum atomic E-state index is 9.29. The van der Waals surface area contributed by atoms with Crippen molar-refractivity contribution >= 4 is 11.2 Å². The smallest absolute Gasteiger partial charge is 0.224 e. The van der Waals surface area contributed by atoms with Crippen LogP contribution in [0.3, 0.4) is 0 Å². The van der Waals surface area contributed by atoms with Gasteiger partial charge in [0.05, 0.1) is 17.9 Å². The normalized spacial score (nSPS) is 17.2. The summed E-state index contributed by atoms with van der Waals surface area (Å²) in [7, 11) is 0. The summed E-state index contributed by atoms with van der Waals surface area (Å²) in [4.78, 5) is 13.3. The Morgan fingerprint density at radius 2 is 2.25 bits per heavy atom. The number of ether oxygens (including phenoxy) is 1. The molecule has 0 aliphatic carbocycles. The summed E-state index contributed by atoms with van der Waals surface area (Å²) < 4.78 is 10.1. The van der Waals surface area contributed by atoms with Gasteiger partial charge in [-0.2, -0.15) is 5.26 Å². The Morgan fingerprint density at radius 3 is 3.04 bits per heavy atom. The molecule has 4 heterocycles. The molecule has 0 bridgehead atoms. The van der Waals surface area contributed by atoms with Crippen LogP contribution in [0.15, 0.2) is 16.9 Å². The molecular formula is C16H14N6O2. The number of nitrogens with zero attached hydrogens (tertiary/aromatic N) is 6. The third-order valence-electron chi connectivity index (χ3n) is 4.20. The van der Waals surface area contributed by atoms with Gasteiger partial charge in [0.1, 0.15) is 11.9 Å². The molecule has 0 N–H and O–H groups in total. The van der Waals surface area contributed by atoms with Crippen molar-refractivity contribution in [2.24, 2.45) is 0 Å². The molecule has 0 amide bonds. The minimum atomic E-state index is 0.155. The lowest BCUT2D eigenvalue weighted by atomic mass is 10.0. The van der Waals surface area contributed by atoms with E-state index in [1.54, 1.807) is 6.20 Å². The van der Waals surface area contributed by atoms with E-state index >= 15 is 0 Å². The lowest BCUT2D eigenvalue weighted by Crippen LogP contribution is -2.09. The molecule has 1 fully saturated rings. The Kier molecular flexibility index (Phi) is 3.63. The summed E-state index contributed by atoms with van der Waals surface area (Å²) in [5.74, 6) is 0.805. The third-order valence-corrected chi connectivity index (χ3v) is 4.20. The molecule has 1 aliphatic rings. The molecule has 4 rings (SSSR count). The summed E-state index contributed by atoms with van der Waals surface area (Å²) in [6, 6.07) is 4.06. The zero-order valence-electron chi connectivity index (χ0n) is 13.1. The Hall–Kier alpha value is -2.92. The second-order valence-corrected chi connectivity index (χ2v) is 5.77. The Labute approximate surface area is 137 Å². The van der Waals surface area contributed by atoms with Crippen LogP contribution >= 0.6 is 0 Å². The van der Waals surface area contributed by atoms with Gasteiger partial charge < -0.3 is 4.74 Å². The van der Waals surface area contributed by atoms with Gasteiger partial charge in [-0.1, -0.05) is 0 Å². The highest BCUT2D eigenvalue weighted by Gasteiger charge is 2.23. The van der Waals surface area contributed by atoms with E-state index in [9.17, 15) is 5.26 Å². The number of hydrogen-bond acceptors (Lipinski definition) is 8. The molecule has 120 valence electrons. The van der Waals surface area contributed by atoms with Gasteiger partial charge in [-0.25, -0.2) is 19.6 Å². The fourth-order valence-corrected chi connectivity index (χ4v) is 2.87. The van der Waals surface area contributed by atoms with Crippen LogP contribution in [-0.4, -0.2) is 38.5 Å². The molecule has 1 saturated heterocycles. The maximum absolute atomic E-state index is 9.29. The molecule has 8 nitrogen and oxygen atoms in total. The number of aromatic nitrogens is 5. The molecule has 3 aromatic heterocycles. The van der Waals surface area contributed by atoms with E-state index in [2.05, 4.69) is 31.3 Å². The lowest BCUT2D eigenvalue weighted by molar-refractivity contribution is 0.193. The van der Waals surface area contributed by atoms with Gasteiger partial charge >= 0.3 is 0 Å². The summed E-state index contributed by atoms with van der Waals surface area (Å²) in [6.07, 6.45) is 2.98. The predicted molar refractivity (Wildman–Crippen MR) is 82.1 cm³/mol. The van der Waals surface area contributed by atoms with Gasteiger partial charge in [-0.05, 0) is 35.3 Å². The summed E-state index contributed by atoms with van der Waals surface area (Å²) in [5.41, 5.74) is 4.16. The highest BCUT2D eigenvalue weighted by atomic mass is 16.6. The van der Waals surface area contributed by atoms with Crippen LogP contribution in [0.5, 0.6) is 0 Å². The van der Waals surface area contributed by atoms with Crippen LogP contribution in [0, 0.1) is 18.3 Å². The summed E-state index contributed by atoms with van der Waals surface area (Å²) in [5, 5.41) is 16.9. The number of rotatable bonds is 3. The average Bonchev–Trinajstić information content (AvgIpc) is 3.26. The third kappa shape index (κ3) is 2.59. The van der Waals surface area contributed by atoms with Gasteiger partial charge in [0, 0.05) is 30.8 Å². The Balaban J connectivity index is 1.69. The number of aryl methyl sites for hydroxylation is 1. The zero-order valence-corrected chi connectivity index (χ0v) is 13.1. The van der Waals surface area contributed by atoms with Crippen molar-refractivity contribution in [2.45, 2.75) is 25.7 Å². The first kappa shape index (κ1) is 14.7. The number of pyridine rings is 1. The van der Waals surface area contributed by atoms with E-state index < -0.39 is 0 Å². The fourth-order valence-electron chi connectivity index (χ4n) is 2.87. The average molecular weight is 322 g/mol. The minimum absolute atomic E-state index is 0.155. The first-order valence-electron chi connectivity index (χ1n) is 7.67. The standard InChI is InChI=1S/C16H14N6O2/c1-9-11(4-13-16(19-9)22-24-21-13)5-14-18-7-12(6-17)15(20-14)10-2-3-23-8-10/h4,7,10H,2-3,5,8H2,1H3. The molecule has 0 spiro atoms. The van der Waals surface area contributed by atoms with Gasteiger partial charge in [0.15, 0.2) is 5.52 Å². The van der Waals surface area contributed by atoms with Gasteiger partial charge in [-0.15, -0.1) is 0 Å². The largest absolute Gasteiger partial charge is 0.381 e. The van der Waals surface area contributed by atoms with E-state index in [0.717, 1.165) is 23.4 Å². The van der Waals surface area contributed by atoms with Gasteiger partial charge in [0.2, 0.25) is 5.65 Å². The van der Waals surface area contributed by atoms with Crippen LogP contribution in [0.25, 0.3) is 11.2 Å². The van der Waals surface area contributed by atoms with Crippen LogP contribution in [0.1, 0.15) is 40.7 Å². The second-order valence-electron chi connectivity index (χ2n) is 5.77. The van der Waals surface area contributed by atoms with Crippen LogP contribution < -0.4 is 0 Å². The molecule has 3 aromatic rings. The molecule has 1 aliphatic heterocycles. The quantitative estimate of drug-likeness (QED) is 0.716. The van der Waals surface area contributed by atoms with E-state index in [0.29, 0.717) is 42.2 Å². The maximum Gasteiger partial charge on any atom is 0.224 e. The summed E-state index contributed by atoms with van der Waals surface area (Å²) in [6.45, 7) is 3.20. The predicted octanol–water partition coefficient (Wildman–Crippen LogP) is 1.68. The van der Waals surface area contributed by atoms with E-state index in [1.807, 2.05) is 13.0 Å². The molecule has 1 unspecified atom stereocenters. The Bertz CT molecular complexity index is 939. The molecule has 1 atom stereocenters. The second kappa shape index (κ2) is 5.94.